The topological polar surface area (TPSA) is 15.3 Å². The van der Waals surface area contributed by atoms with Gasteiger partial charge in [-0.05, 0) is 48.9 Å². The lowest BCUT2D eigenvalue weighted by Gasteiger charge is -2.23. The number of nitrogens with one attached hydrogen (secondary N) is 1. The molecule has 2 aromatic rings. The normalized spacial score (nSPS) is 10.6. The summed E-state index contributed by atoms with van der Waals surface area (Å²) >= 11 is 3.56. The van der Waals surface area contributed by atoms with Crippen LogP contribution in [0.5, 0.6) is 0 Å². The first-order valence-corrected chi connectivity index (χ1v) is 7.70. The summed E-state index contributed by atoms with van der Waals surface area (Å²) in [7, 11) is 4.09. The van der Waals surface area contributed by atoms with E-state index in [0.29, 0.717) is 0 Å². The average molecular weight is 333 g/mol. The summed E-state index contributed by atoms with van der Waals surface area (Å²) in [6.45, 7) is 3.04. The smallest absolute Gasteiger partial charge is 0.0465 e. The zero-order valence-corrected chi connectivity index (χ0v) is 13.9. The van der Waals surface area contributed by atoms with Gasteiger partial charge in [0.25, 0.3) is 0 Å². The second kappa shape index (κ2) is 6.91. The molecule has 0 fully saturated rings. The fourth-order valence-corrected chi connectivity index (χ4v) is 2.63. The van der Waals surface area contributed by atoms with E-state index in [2.05, 4.69) is 82.6 Å². The molecule has 0 aromatic heterocycles. The fraction of sp³-hybridized carbons (Fsp3) is 0.294. The molecule has 0 spiro atoms. The maximum Gasteiger partial charge on any atom is 0.0465 e. The van der Waals surface area contributed by atoms with Gasteiger partial charge in [0.15, 0.2) is 0 Å². The van der Waals surface area contributed by atoms with Gasteiger partial charge in [-0.3, -0.25) is 0 Å². The first-order chi connectivity index (χ1) is 9.65. The standard InChI is InChI=1S/C17H21BrN2/c1-4-13-5-9-16(10-6-13)20(3)17-11-15(18)8-7-14(17)12-19-2/h5-11,19H,4,12H2,1-3H3. The molecular formula is C17H21BrN2. The molecule has 0 radical (unpaired) electrons. The highest BCUT2D eigenvalue weighted by Gasteiger charge is 2.09. The summed E-state index contributed by atoms with van der Waals surface area (Å²) in [5, 5.41) is 3.23. The van der Waals surface area contributed by atoms with Crippen molar-refractivity contribution in [1.82, 2.24) is 5.32 Å². The molecule has 0 atom stereocenters. The van der Waals surface area contributed by atoms with Gasteiger partial charge in [0.2, 0.25) is 0 Å². The number of rotatable bonds is 5. The molecule has 0 aliphatic heterocycles. The second-order valence-corrected chi connectivity index (χ2v) is 5.80. The summed E-state index contributed by atoms with van der Waals surface area (Å²) in [6.07, 6.45) is 1.08. The zero-order chi connectivity index (χ0) is 14.5. The Morgan fingerprint density at radius 1 is 1.10 bits per heavy atom. The minimum Gasteiger partial charge on any atom is -0.344 e. The van der Waals surface area contributed by atoms with E-state index in [-0.39, 0.29) is 0 Å². The summed E-state index contributed by atoms with van der Waals surface area (Å²) in [5.41, 5.74) is 5.08. The van der Waals surface area contributed by atoms with E-state index >= 15 is 0 Å². The van der Waals surface area contributed by atoms with Crippen molar-refractivity contribution in [2.45, 2.75) is 19.9 Å². The minimum absolute atomic E-state index is 0.861. The van der Waals surface area contributed by atoms with Gasteiger partial charge in [-0.15, -0.1) is 0 Å². The van der Waals surface area contributed by atoms with E-state index in [1.165, 1.54) is 22.5 Å². The number of anilines is 2. The number of hydrogen-bond acceptors (Lipinski definition) is 2. The van der Waals surface area contributed by atoms with Gasteiger partial charge in [0.1, 0.15) is 0 Å². The van der Waals surface area contributed by atoms with Gasteiger partial charge in [-0.25, -0.2) is 0 Å². The van der Waals surface area contributed by atoms with Gasteiger partial charge in [0.05, 0.1) is 0 Å². The molecule has 0 saturated carbocycles. The van der Waals surface area contributed by atoms with Crippen LogP contribution >= 0.6 is 15.9 Å². The lowest BCUT2D eigenvalue weighted by Crippen LogP contribution is -2.15. The average Bonchev–Trinajstić information content (AvgIpc) is 2.48. The van der Waals surface area contributed by atoms with Gasteiger partial charge in [-0.2, -0.15) is 0 Å². The molecule has 106 valence electrons. The molecule has 3 heteroatoms. The van der Waals surface area contributed by atoms with Crippen LogP contribution in [0.3, 0.4) is 0 Å². The van der Waals surface area contributed by atoms with Gasteiger partial charge in [-0.1, -0.05) is 41.1 Å². The van der Waals surface area contributed by atoms with E-state index in [9.17, 15) is 0 Å². The third-order valence-electron chi connectivity index (χ3n) is 3.51. The van der Waals surface area contributed by atoms with Crippen LogP contribution in [0.4, 0.5) is 11.4 Å². The maximum atomic E-state index is 3.56. The lowest BCUT2D eigenvalue weighted by atomic mass is 10.1. The van der Waals surface area contributed by atoms with Crippen LogP contribution < -0.4 is 10.2 Å². The molecule has 0 unspecified atom stereocenters. The molecule has 2 nitrogen and oxygen atoms in total. The molecule has 0 amide bonds. The zero-order valence-electron chi connectivity index (χ0n) is 12.3. The fourth-order valence-electron chi connectivity index (χ4n) is 2.28. The van der Waals surface area contributed by atoms with Crippen molar-refractivity contribution in [2.75, 3.05) is 19.0 Å². The number of benzene rings is 2. The van der Waals surface area contributed by atoms with Gasteiger partial charge >= 0.3 is 0 Å². The van der Waals surface area contributed by atoms with Crippen LogP contribution in [0.15, 0.2) is 46.9 Å². The molecule has 1 N–H and O–H groups in total. The summed E-state index contributed by atoms with van der Waals surface area (Å²) in [6, 6.07) is 15.2. The Morgan fingerprint density at radius 3 is 2.40 bits per heavy atom. The van der Waals surface area contributed by atoms with Crippen molar-refractivity contribution in [3.05, 3.63) is 58.1 Å². The van der Waals surface area contributed by atoms with E-state index < -0.39 is 0 Å². The molecule has 0 aliphatic rings. The third kappa shape index (κ3) is 3.41. The number of hydrogen-bond donors (Lipinski definition) is 1. The second-order valence-electron chi connectivity index (χ2n) is 4.88. The molecule has 0 bridgehead atoms. The van der Waals surface area contributed by atoms with Gasteiger partial charge in [0, 0.05) is 29.4 Å². The summed E-state index contributed by atoms with van der Waals surface area (Å²) < 4.78 is 1.10. The molecule has 2 rings (SSSR count). The van der Waals surface area contributed by atoms with Crippen LogP contribution in [0.25, 0.3) is 0 Å². The number of nitrogens with zero attached hydrogens (tertiary/aromatic N) is 1. The SMILES string of the molecule is CCc1ccc(N(C)c2cc(Br)ccc2CNC)cc1. The van der Waals surface area contributed by atoms with Crippen molar-refractivity contribution in [3.8, 4) is 0 Å². The van der Waals surface area contributed by atoms with Gasteiger partial charge < -0.3 is 10.2 Å². The molecule has 20 heavy (non-hydrogen) atoms. The Labute approximate surface area is 129 Å². The predicted molar refractivity (Wildman–Crippen MR) is 90.8 cm³/mol. The Kier molecular flexibility index (Phi) is 5.21. The van der Waals surface area contributed by atoms with Crippen molar-refractivity contribution < 1.29 is 0 Å². The van der Waals surface area contributed by atoms with Crippen molar-refractivity contribution in [1.29, 1.82) is 0 Å². The highest BCUT2D eigenvalue weighted by Crippen LogP contribution is 2.30. The van der Waals surface area contributed by atoms with Crippen LogP contribution in [0.1, 0.15) is 18.1 Å². The number of aryl methyl sites for hydroxylation is 1. The highest BCUT2D eigenvalue weighted by atomic mass is 79.9. The Bertz CT molecular complexity index is 564. The predicted octanol–water partition coefficient (Wildman–Crippen LogP) is 4.50. The minimum atomic E-state index is 0.861. The molecule has 0 saturated heterocycles. The quantitative estimate of drug-likeness (QED) is 0.867. The Balaban J connectivity index is 2.35. The first kappa shape index (κ1) is 15.1. The van der Waals surface area contributed by atoms with Crippen molar-refractivity contribution >= 4 is 27.3 Å². The summed E-state index contributed by atoms with van der Waals surface area (Å²) in [4.78, 5) is 2.23. The molecular weight excluding hydrogens is 312 g/mol. The Morgan fingerprint density at radius 2 is 1.80 bits per heavy atom. The molecule has 0 aliphatic carbocycles. The Hall–Kier alpha value is -1.32. The van der Waals surface area contributed by atoms with E-state index in [0.717, 1.165) is 17.4 Å². The van der Waals surface area contributed by atoms with Crippen LogP contribution in [0, 0.1) is 0 Å². The third-order valence-corrected chi connectivity index (χ3v) is 4.00. The first-order valence-electron chi connectivity index (χ1n) is 6.91. The van der Waals surface area contributed by atoms with Crippen molar-refractivity contribution in [2.24, 2.45) is 0 Å². The van der Waals surface area contributed by atoms with Crippen molar-refractivity contribution in [3.63, 3.8) is 0 Å². The maximum absolute atomic E-state index is 3.56. The largest absolute Gasteiger partial charge is 0.344 e. The van der Waals surface area contributed by atoms with Crippen LogP contribution in [0.2, 0.25) is 0 Å². The lowest BCUT2D eigenvalue weighted by molar-refractivity contribution is 0.816. The summed E-state index contributed by atoms with van der Waals surface area (Å²) in [5.74, 6) is 0. The van der Waals surface area contributed by atoms with E-state index in [1.807, 2.05) is 7.05 Å². The highest BCUT2D eigenvalue weighted by molar-refractivity contribution is 9.10. The molecule has 0 heterocycles. The van der Waals surface area contributed by atoms with E-state index in [1.54, 1.807) is 0 Å². The number of halogens is 1. The monoisotopic (exact) mass is 332 g/mol. The molecule has 2 aromatic carbocycles. The van der Waals surface area contributed by atoms with Crippen LogP contribution in [-0.2, 0) is 13.0 Å². The van der Waals surface area contributed by atoms with Crippen LogP contribution in [-0.4, -0.2) is 14.1 Å². The van der Waals surface area contributed by atoms with E-state index in [4.69, 9.17) is 0 Å².